The largest absolute Gasteiger partial charge is 0.323 e. The van der Waals surface area contributed by atoms with Gasteiger partial charge in [-0.25, -0.2) is 0 Å². The minimum Gasteiger partial charge on any atom is -0.323 e. The van der Waals surface area contributed by atoms with Gasteiger partial charge in [-0.3, -0.25) is 4.98 Å². The van der Waals surface area contributed by atoms with E-state index in [2.05, 4.69) is 29.1 Å². The Morgan fingerprint density at radius 2 is 1.70 bits per heavy atom. The third kappa shape index (κ3) is 6.69. The van der Waals surface area contributed by atoms with Crippen molar-refractivity contribution in [2.75, 3.05) is 0 Å². The van der Waals surface area contributed by atoms with Crippen molar-refractivity contribution < 1.29 is 0 Å². The molecule has 1 heterocycles. The van der Waals surface area contributed by atoms with Crippen molar-refractivity contribution in [3.8, 4) is 0 Å². The van der Waals surface area contributed by atoms with Crippen molar-refractivity contribution >= 4 is 6.21 Å². The molecule has 0 aromatic carbocycles. The summed E-state index contributed by atoms with van der Waals surface area (Å²) in [6, 6.07) is 4.22. The summed E-state index contributed by atoms with van der Waals surface area (Å²) in [5.74, 6) is 5.24. The minimum absolute atomic E-state index is 0.926. The Kier molecular flexibility index (Phi) is 8.68. The third-order valence-electron chi connectivity index (χ3n) is 3.65. The number of nitrogens with two attached hydrogens (primary N) is 1. The van der Waals surface area contributed by atoms with Crippen LogP contribution in [0.5, 0.6) is 0 Å². The predicted molar refractivity (Wildman–Crippen MR) is 87.1 cm³/mol. The van der Waals surface area contributed by atoms with Gasteiger partial charge in [0.2, 0.25) is 0 Å². The van der Waals surface area contributed by atoms with Gasteiger partial charge in [0.25, 0.3) is 0 Å². The van der Waals surface area contributed by atoms with Crippen LogP contribution in [0.3, 0.4) is 0 Å². The van der Waals surface area contributed by atoms with Crippen molar-refractivity contribution in [3.05, 3.63) is 29.1 Å². The van der Waals surface area contributed by atoms with Gasteiger partial charge in [0.15, 0.2) is 0 Å². The summed E-state index contributed by atoms with van der Waals surface area (Å²) in [6.07, 6.45) is 13.5. The predicted octanol–water partition coefficient (Wildman–Crippen LogP) is 4.37. The lowest BCUT2D eigenvalue weighted by Crippen LogP contribution is -2.00. The first-order valence-electron chi connectivity index (χ1n) is 7.97. The number of aromatic nitrogens is 1. The zero-order valence-electron chi connectivity index (χ0n) is 13.1. The molecule has 112 valence electrons. The van der Waals surface area contributed by atoms with E-state index in [9.17, 15) is 0 Å². The fraction of sp³-hybridized carbons (Fsp3) is 0.647. The number of rotatable bonds is 10. The standard InChI is InChI=1S/C17H29N3/c1-3-4-5-6-7-8-9-10-11-16-13-12-15(2)20-17(16)14-19-18/h12-14H,3-11,18H2,1-2H3/b19-14-. The number of nitrogens with zero attached hydrogens (tertiary/aromatic N) is 2. The molecule has 0 bridgehead atoms. The SMILES string of the molecule is CCCCCCCCCCc1ccc(C)nc1/C=N\N. The van der Waals surface area contributed by atoms with E-state index >= 15 is 0 Å². The van der Waals surface area contributed by atoms with Crippen LogP contribution in [0.2, 0.25) is 0 Å². The van der Waals surface area contributed by atoms with Crippen molar-refractivity contribution in [3.63, 3.8) is 0 Å². The summed E-state index contributed by atoms with van der Waals surface area (Å²) in [6.45, 7) is 4.26. The molecule has 0 amide bonds. The maximum absolute atomic E-state index is 5.24. The average molecular weight is 275 g/mol. The highest BCUT2D eigenvalue weighted by Gasteiger charge is 2.02. The molecule has 0 aliphatic rings. The quantitative estimate of drug-likeness (QED) is 0.298. The van der Waals surface area contributed by atoms with Crippen LogP contribution >= 0.6 is 0 Å². The van der Waals surface area contributed by atoms with Gasteiger partial charge < -0.3 is 5.84 Å². The summed E-state index contributed by atoms with van der Waals surface area (Å²) in [7, 11) is 0. The van der Waals surface area contributed by atoms with E-state index in [0.29, 0.717) is 0 Å². The monoisotopic (exact) mass is 275 g/mol. The van der Waals surface area contributed by atoms with Gasteiger partial charge in [0.1, 0.15) is 0 Å². The topological polar surface area (TPSA) is 51.3 Å². The number of pyridine rings is 1. The van der Waals surface area contributed by atoms with Gasteiger partial charge in [-0.15, -0.1) is 0 Å². The maximum atomic E-state index is 5.24. The van der Waals surface area contributed by atoms with Crippen LogP contribution < -0.4 is 5.84 Å². The van der Waals surface area contributed by atoms with Crippen LogP contribution in [0.1, 0.15) is 75.2 Å². The number of aryl methyl sites for hydroxylation is 2. The first kappa shape index (κ1) is 16.7. The van der Waals surface area contributed by atoms with Crippen LogP contribution in [0.4, 0.5) is 0 Å². The van der Waals surface area contributed by atoms with Crippen LogP contribution in [0.15, 0.2) is 17.2 Å². The number of hydrazone groups is 1. The van der Waals surface area contributed by atoms with Gasteiger partial charge >= 0.3 is 0 Å². The smallest absolute Gasteiger partial charge is 0.0865 e. The lowest BCUT2D eigenvalue weighted by molar-refractivity contribution is 0.575. The Bertz CT molecular complexity index is 399. The highest BCUT2D eigenvalue weighted by atomic mass is 15.1. The zero-order chi connectivity index (χ0) is 14.6. The molecule has 0 aliphatic carbocycles. The Balaban J connectivity index is 2.25. The molecule has 0 unspecified atom stereocenters. The minimum atomic E-state index is 0.926. The highest BCUT2D eigenvalue weighted by Crippen LogP contribution is 2.13. The van der Waals surface area contributed by atoms with Gasteiger partial charge in [-0.1, -0.05) is 57.9 Å². The van der Waals surface area contributed by atoms with E-state index in [-0.39, 0.29) is 0 Å². The Hall–Kier alpha value is -1.38. The summed E-state index contributed by atoms with van der Waals surface area (Å²) in [4.78, 5) is 4.48. The molecule has 0 spiro atoms. The lowest BCUT2D eigenvalue weighted by atomic mass is 10.0. The van der Waals surface area contributed by atoms with E-state index in [1.807, 2.05) is 6.92 Å². The molecule has 3 nitrogen and oxygen atoms in total. The second kappa shape index (κ2) is 10.4. The zero-order valence-corrected chi connectivity index (χ0v) is 13.1. The second-order valence-corrected chi connectivity index (χ2v) is 5.50. The molecule has 0 fully saturated rings. The molecule has 2 N–H and O–H groups in total. The van der Waals surface area contributed by atoms with Gasteiger partial charge in [-0.05, 0) is 31.4 Å². The van der Waals surface area contributed by atoms with E-state index in [1.165, 1.54) is 56.9 Å². The molecule has 1 rings (SSSR count). The van der Waals surface area contributed by atoms with Crippen LogP contribution in [0.25, 0.3) is 0 Å². The molecule has 0 saturated heterocycles. The molecule has 0 aliphatic heterocycles. The van der Waals surface area contributed by atoms with E-state index < -0.39 is 0 Å². The highest BCUT2D eigenvalue weighted by molar-refractivity contribution is 5.78. The van der Waals surface area contributed by atoms with E-state index in [4.69, 9.17) is 5.84 Å². The molecule has 0 radical (unpaired) electrons. The van der Waals surface area contributed by atoms with E-state index in [0.717, 1.165) is 17.8 Å². The molecule has 20 heavy (non-hydrogen) atoms. The lowest BCUT2D eigenvalue weighted by Gasteiger charge is -2.06. The second-order valence-electron chi connectivity index (χ2n) is 5.50. The summed E-state index contributed by atoms with van der Waals surface area (Å²) in [5.41, 5.74) is 3.20. The fourth-order valence-corrected chi connectivity index (χ4v) is 2.45. The Morgan fingerprint density at radius 3 is 2.35 bits per heavy atom. The first-order valence-corrected chi connectivity index (χ1v) is 7.97. The summed E-state index contributed by atoms with van der Waals surface area (Å²) < 4.78 is 0. The van der Waals surface area contributed by atoms with Gasteiger partial charge in [-0.2, -0.15) is 5.10 Å². The Morgan fingerprint density at radius 1 is 1.05 bits per heavy atom. The van der Waals surface area contributed by atoms with E-state index in [1.54, 1.807) is 6.21 Å². The first-order chi connectivity index (χ1) is 9.77. The molecule has 1 aromatic rings. The van der Waals surface area contributed by atoms with Gasteiger partial charge in [0, 0.05) is 5.69 Å². The fourth-order valence-electron chi connectivity index (χ4n) is 2.45. The van der Waals surface area contributed by atoms with Crippen molar-refractivity contribution in [1.29, 1.82) is 0 Å². The number of hydrogen-bond donors (Lipinski definition) is 1. The van der Waals surface area contributed by atoms with Gasteiger partial charge in [0.05, 0.1) is 11.9 Å². The third-order valence-corrected chi connectivity index (χ3v) is 3.65. The maximum Gasteiger partial charge on any atom is 0.0865 e. The van der Waals surface area contributed by atoms with Crippen molar-refractivity contribution in [2.45, 2.75) is 71.6 Å². The Labute approximate surface area is 123 Å². The number of hydrogen-bond acceptors (Lipinski definition) is 3. The average Bonchev–Trinajstić information content (AvgIpc) is 2.44. The molecule has 0 atom stereocenters. The van der Waals surface area contributed by atoms with Crippen molar-refractivity contribution in [2.24, 2.45) is 10.9 Å². The molecule has 0 saturated carbocycles. The molecule has 1 aromatic heterocycles. The van der Waals surface area contributed by atoms with Crippen LogP contribution in [0, 0.1) is 6.92 Å². The summed E-state index contributed by atoms with van der Waals surface area (Å²) >= 11 is 0. The molecule has 3 heteroatoms. The molecular weight excluding hydrogens is 246 g/mol. The summed E-state index contributed by atoms with van der Waals surface area (Å²) in [5, 5.41) is 3.61. The number of unbranched alkanes of at least 4 members (excludes halogenated alkanes) is 7. The van der Waals surface area contributed by atoms with Crippen molar-refractivity contribution in [1.82, 2.24) is 4.98 Å². The normalized spacial score (nSPS) is 11.3. The van der Waals surface area contributed by atoms with Crippen LogP contribution in [-0.2, 0) is 6.42 Å². The van der Waals surface area contributed by atoms with Crippen LogP contribution in [-0.4, -0.2) is 11.2 Å². The molecular formula is C17H29N3.